The average Bonchev–Trinajstić information content (AvgIpc) is 2.37. The number of nitrogens with zero attached hydrogens (tertiary/aromatic N) is 3. The molecule has 0 radical (unpaired) electrons. The molecule has 1 aliphatic rings. The highest BCUT2D eigenvalue weighted by Crippen LogP contribution is 2.35. The summed E-state index contributed by atoms with van der Waals surface area (Å²) in [5, 5.41) is 9.31. The SMILES string of the molecule is OCc1c(Cl)ncnc1N1CCCC(C(F)(F)F)C1. The second kappa shape index (κ2) is 5.50. The Bertz CT molecular complexity index is 455. The van der Waals surface area contributed by atoms with E-state index in [9.17, 15) is 18.3 Å². The van der Waals surface area contributed by atoms with E-state index in [-0.39, 0.29) is 29.5 Å². The Morgan fingerprint density at radius 1 is 1.42 bits per heavy atom. The fraction of sp³-hybridized carbons (Fsp3) is 0.636. The summed E-state index contributed by atoms with van der Waals surface area (Å²) in [6.45, 7) is -0.0983. The molecule has 1 aliphatic heterocycles. The third kappa shape index (κ3) is 3.09. The molecule has 0 bridgehead atoms. The Hall–Kier alpha value is -1.08. The van der Waals surface area contributed by atoms with Crippen molar-refractivity contribution in [3.63, 3.8) is 0 Å². The van der Waals surface area contributed by atoms with Crippen LogP contribution in [0.15, 0.2) is 6.33 Å². The van der Waals surface area contributed by atoms with E-state index in [1.165, 1.54) is 11.2 Å². The normalized spacial score (nSPS) is 20.7. The van der Waals surface area contributed by atoms with Gasteiger partial charge in [-0.05, 0) is 12.8 Å². The Morgan fingerprint density at radius 2 is 2.16 bits per heavy atom. The number of hydrogen-bond acceptors (Lipinski definition) is 4. The second-order valence-corrected chi connectivity index (χ2v) is 4.81. The molecule has 1 unspecified atom stereocenters. The second-order valence-electron chi connectivity index (χ2n) is 4.45. The van der Waals surface area contributed by atoms with Gasteiger partial charge in [-0.25, -0.2) is 9.97 Å². The monoisotopic (exact) mass is 295 g/mol. The molecule has 2 rings (SSSR count). The molecule has 4 nitrogen and oxygen atoms in total. The van der Waals surface area contributed by atoms with Gasteiger partial charge in [0.15, 0.2) is 0 Å². The van der Waals surface area contributed by atoms with Gasteiger partial charge in [-0.15, -0.1) is 0 Å². The molecule has 1 aromatic rings. The van der Waals surface area contributed by atoms with Crippen LogP contribution in [-0.4, -0.2) is 34.3 Å². The number of alkyl halides is 3. The van der Waals surface area contributed by atoms with E-state index in [4.69, 9.17) is 11.6 Å². The third-order valence-electron chi connectivity index (χ3n) is 3.21. The van der Waals surface area contributed by atoms with E-state index < -0.39 is 18.7 Å². The van der Waals surface area contributed by atoms with Gasteiger partial charge in [0.2, 0.25) is 0 Å². The number of aliphatic hydroxyl groups is 1. The lowest BCUT2D eigenvalue weighted by molar-refractivity contribution is -0.176. The third-order valence-corrected chi connectivity index (χ3v) is 3.54. The van der Waals surface area contributed by atoms with Gasteiger partial charge in [-0.2, -0.15) is 13.2 Å². The first-order valence-electron chi connectivity index (χ1n) is 5.85. The molecule has 8 heteroatoms. The number of halogens is 4. The minimum absolute atomic E-state index is 0.0710. The molecular formula is C11H13ClF3N3O. The van der Waals surface area contributed by atoms with E-state index in [2.05, 4.69) is 9.97 Å². The van der Waals surface area contributed by atoms with Crippen molar-refractivity contribution < 1.29 is 18.3 Å². The Morgan fingerprint density at radius 3 is 2.79 bits per heavy atom. The van der Waals surface area contributed by atoms with Crippen LogP contribution in [0, 0.1) is 5.92 Å². The first-order chi connectivity index (χ1) is 8.93. The molecule has 0 aromatic carbocycles. The minimum Gasteiger partial charge on any atom is -0.391 e. The number of piperidine rings is 1. The van der Waals surface area contributed by atoms with Gasteiger partial charge in [0, 0.05) is 13.1 Å². The van der Waals surface area contributed by atoms with Crippen LogP contribution in [0.2, 0.25) is 5.15 Å². The van der Waals surface area contributed by atoms with Crippen molar-refractivity contribution in [1.82, 2.24) is 9.97 Å². The minimum atomic E-state index is -4.21. The number of aliphatic hydroxyl groups excluding tert-OH is 1. The van der Waals surface area contributed by atoms with Crippen LogP contribution in [0.3, 0.4) is 0 Å². The highest BCUT2D eigenvalue weighted by molar-refractivity contribution is 6.30. The van der Waals surface area contributed by atoms with Gasteiger partial charge in [0.1, 0.15) is 17.3 Å². The predicted molar refractivity (Wildman–Crippen MR) is 64.0 cm³/mol. The van der Waals surface area contributed by atoms with Crippen molar-refractivity contribution in [2.75, 3.05) is 18.0 Å². The first kappa shape index (κ1) is 14.3. The lowest BCUT2D eigenvalue weighted by Crippen LogP contribution is -2.42. The zero-order valence-corrected chi connectivity index (χ0v) is 10.7. The summed E-state index contributed by atoms with van der Waals surface area (Å²) in [7, 11) is 0. The summed E-state index contributed by atoms with van der Waals surface area (Å²) >= 11 is 5.82. The molecule has 0 amide bonds. The summed E-state index contributed by atoms with van der Waals surface area (Å²) in [6.07, 6.45) is -2.48. The fourth-order valence-electron chi connectivity index (χ4n) is 2.23. The quantitative estimate of drug-likeness (QED) is 0.851. The van der Waals surface area contributed by atoms with E-state index >= 15 is 0 Å². The van der Waals surface area contributed by atoms with Crippen LogP contribution in [0.1, 0.15) is 18.4 Å². The summed E-state index contributed by atoms with van der Waals surface area (Å²) in [5.41, 5.74) is 0.270. The van der Waals surface area contributed by atoms with Gasteiger partial charge in [0.05, 0.1) is 18.1 Å². The molecule has 106 valence electrons. The Balaban J connectivity index is 2.25. The maximum atomic E-state index is 12.8. The molecule has 0 spiro atoms. The summed E-state index contributed by atoms with van der Waals surface area (Å²) in [5.74, 6) is -1.09. The molecule has 19 heavy (non-hydrogen) atoms. The van der Waals surface area contributed by atoms with E-state index in [0.29, 0.717) is 13.0 Å². The number of aromatic nitrogens is 2. The van der Waals surface area contributed by atoms with Crippen LogP contribution in [0.5, 0.6) is 0 Å². The van der Waals surface area contributed by atoms with Crippen molar-refractivity contribution in [3.8, 4) is 0 Å². The van der Waals surface area contributed by atoms with Crippen molar-refractivity contribution in [1.29, 1.82) is 0 Å². The standard InChI is InChI=1S/C11H13ClF3N3O/c12-9-8(5-19)10(17-6-16-9)18-3-1-2-7(4-18)11(13,14)15/h6-7,19H,1-5H2. The number of rotatable bonds is 2. The predicted octanol–water partition coefficient (Wildman–Crippen LogP) is 2.40. The summed E-state index contributed by atoms with van der Waals surface area (Å²) < 4.78 is 38.3. The van der Waals surface area contributed by atoms with Crippen LogP contribution in [0.4, 0.5) is 19.0 Å². The highest BCUT2D eigenvalue weighted by atomic mass is 35.5. The van der Waals surface area contributed by atoms with Gasteiger partial charge in [-0.3, -0.25) is 0 Å². The fourth-order valence-corrected chi connectivity index (χ4v) is 2.42. The molecule has 2 heterocycles. The van der Waals surface area contributed by atoms with Crippen molar-refractivity contribution in [3.05, 3.63) is 17.0 Å². The zero-order valence-electron chi connectivity index (χ0n) is 9.99. The lowest BCUT2D eigenvalue weighted by Gasteiger charge is -2.35. The molecule has 1 fully saturated rings. The summed E-state index contributed by atoms with van der Waals surface area (Å²) in [6, 6.07) is 0. The number of hydrogen-bond donors (Lipinski definition) is 1. The maximum absolute atomic E-state index is 12.8. The van der Waals surface area contributed by atoms with Gasteiger partial charge in [0.25, 0.3) is 0 Å². The molecule has 1 atom stereocenters. The van der Waals surface area contributed by atoms with Crippen molar-refractivity contribution in [2.24, 2.45) is 5.92 Å². The van der Waals surface area contributed by atoms with Gasteiger partial charge < -0.3 is 10.0 Å². The maximum Gasteiger partial charge on any atom is 0.393 e. The average molecular weight is 296 g/mol. The number of anilines is 1. The molecule has 1 N–H and O–H groups in total. The summed E-state index contributed by atoms with van der Waals surface area (Å²) in [4.78, 5) is 9.19. The largest absolute Gasteiger partial charge is 0.393 e. The Kier molecular flexibility index (Phi) is 4.15. The van der Waals surface area contributed by atoms with Crippen LogP contribution >= 0.6 is 11.6 Å². The molecule has 1 saturated heterocycles. The van der Waals surface area contributed by atoms with E-state index in [1.807, 2.05) is 0 Å². The molecule has 0 aliphatic carbocycles. The lowest BCUT2D eigenvalue weighted by atomic mass is 9.97. The van der Waals surface area contributed by atoms with Gasteiger partial charge >= 0.3 is 6.18 Å². The van der Waals surface area contributed by atoms with E-state index in [0.717, 1.165) is 0 Å². The first-order valence-corrected chi connectivity index (χ1v) is 6.23. The van der Waals surface area contributed by atoms with Crippen molar-refractivity contribution >= 4 is 17.4 Å². The Labute approximate surface area is 113 Å². The molecule has 0 saturated carbocycles. The van der Waals surface area contributed by atoms with Crippen molar-refractivity contribution in [2.45, 2.75) is 25.6 Å². The van der Waals surface area contributed by atoms with Gasteiger partial charge in [-0.1, -0.05) is 11.6 Å². The van der Waals surface area contributed by atoms with E-state index in [1.54, 1.807) is 0 Å². The smallest absolute Gasteiger partial charge is 0.391 e. The van der Waals surface area contributed by atoms with Crippen LogP contribution in [0.25, 0.3) is 0 Å². The molecule has 1 aromatic heterocycles. The highest BCUT2D eigenvalue weighted by Gasteiger charge is 2.42. The molecular weight excluding hydrogens is 283 g/mol. The van der Waals surface area contributed by atoms with Crippen LogP contribution in [-0.2, 0) is 6.61 Å². The topological polar surface area (TPSA) is 49.3 Å². The van der Waals surface area contributed by atoms with Crippen LogP contribution < -0.4 is 4.90 Å². The zero-order chi connectivity index (χ0) is 14.0.